The highest BCUT2D eigenvalue weighted by Crippen LogP contribution is 2.18. The molecule has 1 aromatic rings. The fourth-order valence-electron chi connectivity index (χ4n) is 2.98. The molecule has 0 aliphatic carbocycles. The lowest BCUT2D eigenvalue weighted by Gasteiger charge is -2.13. The second-order valence-corrected chi connectivity index (χ2v) is 7.08. The molecule has 0 spiro atoms. The Morgan fingerprint density at radius 2 is 1.22 bits per heavy atom. The van der Waals surface area contributed by atoms with Gasteiger partial charge in [-0.2, -0.15) is 0 Å². The van der Waals surface area contributed by atoms with E-state index in [2.05, 4.69) is 13.8 Å². The standard InChI is InChI=1S/C22H36O5/c1-5-9-11-17(7-3)21(23)25-15-19-13-14-20(27-19)16-26-22(24)18(8-4)12-10-6-2/h13-14,17-18H,5-12,15-16H2,1-4H3. The molecule has 0 amide bonds. The first kappa shape index (κ1) is 23.3. The maximum atomic E-state index is 12.1. The summed E-state index contributed by atoms with van der Waals surface area (Å²) in [5, 5.41) is 0. The van der Waals surface area contributed by atoms with Gasteiger partial charge in [-0.3, -0.25) is 9.59 Å². The quantitative estimate of drug-likeness (QED) is 0.382. The van der Waals surface area contributed by atoms with E-state index >= 15 is 0 Å². The van der Waals surface area contributed by atoms with E-state index in [9.17, 15) is 9.59 Å². The lowest BCUT2D eigenvalue weighted by atomic mass is 10.00. The highest BCUT2D eigenvalue weighted by atomic mass is 16.6. The van der Waals surface area contributed by atoms with Gasteiger partial charge >= 0.3 is 11.9 Å². The van der Waals surface area contributed by atoms with Gasteiger partial charge in [-0.15, -0.1) is 0 Å². The predicted octanol–water partition coefficient (Wildman–Crippen LogP) is 5.80. The molecule has 0 saturated carbocycles. The first-order valence-corrected chi connectivity index (χ1v) is 10.5. The highest BCUT2D eigenvalue weighted by molar-refractivity contribution is 5.72. The van der Waals surface area contributed by atoms with Crippen LogP contribution in [0.15, 0.2) is 16.5 Å². The van der Waals surface area contributed by atoms with Gasteiger partial charge in [-0.25, -0.2) is 0 Å². The smallest absolute Gasteiger partial charge is 0.309 e. The van der Waals surface area contributed by atoms with E-state index in [-0.39, 0.29) is 37.0 Å². The molecule has 1 heterocycles. The summed E-state index contributed by atoms with van der Waals surface area (Å²) in [6.45, 7) is 8.46. The van der Waals surface area contributed by atoms with Gasteiger partial charge in [0.25, 0.3) is 0 Å². The van der Waals surface area contributed by atoms with Crippen LogP contribution in [0.1, 0.15) is 90.6 Å². The average Bonchev–Trinajstić information content (AvgIpc) is 3.13. The Morgan fingerprint density at radius 3 is 1.56 bits per heavy atom. The number of rotatable bonds is 14. The fraction of sp³-hybridized carbons (Fsp3) is 0.727. The molecule has 0 radical (unpaired) electrons. The van der Waals surface area contributed by atoms with Gasteiger partial charge in [0.1, 0.15) is 24.7 Å². The fourth-order valence-corrected chi connectivity index (χ4v) is 2.98. The van der Waals surface area contributed by atoms with Gasteiger partial charge in [0, 0.05) is 0 Å². The molecule has 0 N–H and O–H groups in total. The van der Waals surface area contributed by atoms with Gasteiger partial charge in [0.05, 0.1) is 11.8 Å². The van der Waals surface area contributed by atoms with E-state index in [0.717, 1.165) is 51.4 Å². The molecule has 5 heteroatoms. The number of carbonyl (C=O) groups is 2. The molecule has 5 nitrogen and oxygen atoms in total. The first-order chi connectivity index (χ1) is 13.0. The topological polar surface area (TPSA) is 65.7 Å². The van der Waals surface area contributed by atoms with Crippen LogP contribution >= 0.6 is 0 Å². The molecule has 2 unspecified atom stereocenters. The lowest BCUT2D eigenvalue weighted by molar-refractivity contribution is -0.151. The maximum absolute atomic E-state index is 12.1. The number of furan rings is 1. The largest absolute Gasteiger partial charge is 0.459 e. The van der Waals surface area contributed by atoms with Crippen molar-refractivity contribution in [2.24, 2.45) is 11.8 Å². The summed E-state index contributed by atoms with van der Waals surface area (Å²) in [6, 6.07) is 3.52. The molecule has 0 aliphatic heterocycles. The van der Waals surface area contributed by atoms with Crippen molar-refractivity contribution in [3.63, 3.8) is 0 Å². The summed E-state index contributed by atoms with van der Waals surface area (Å²) in [5.41, 5.74) is 0. The van der Waals surface area contributed by atoms with Crippen molar-refractivity contribution in [1.29, 1.82) is 0 Å². The van der Waals surface area contributed by atoms with E-state index in [4.69, 9.17) is 13.9 Å². The summed E-state index contributed by atoms with van der Waals surface area (Å²) >= 11 is 0. The van der Waals surface area contributed by atoms with Gasteiger partial charge < -0.3 is 13.9 Å². The zero-order valence-corrected chi connectivity index (χ0v) is 17.4. The van der Waals surface area contributed by atoms with Crippen molar-refractivity contribution in [2.75, 3.05) is 0 Å². The van der Waals surface area contributed by atoms with E-state index in [0.29, 0.717) is 11.5 Å². The highest BCUT2D eigenvalue weighted by Gasteiger charge is 2.19. The van der Waals surface area contributed by atoms with Crippen molar-refractivity contribution < 1.29 is 23.5 Å². The zero-order valence-electron chi connectivity index (χ0n) is 17.4. The number of esters is 2. The Kier molecular flexibility index (Phi) is 11.5. The normalized spacial score (nSPS) is 13.2. The monoisotopic (exact) mass is 380 g/mol. The van der Waals surface area contributed by atoms with Crippen LogP contribution in [-0.2, 0) is 32.3 Å². The summed E-state index contributed by atoms with van der Waals surface area (Å²) < 4.78 is 16.4. The molecule has 0 fully saturated rings. The molecule has 1 aromatic heterocycles. The average molecular weight is 381 g/mol. The second-order valence-electron chi connectivity index (χ2n) is 7.08. The van der Waals surface area contributed by atoms with Crippen molar-refractivity contribution in [3.8, 4) is 0 Å². The van der Waals surface area contributed by atoms with Crippen molar-refractivity contribution in [1.82, 2.24) is 0 Å². The van der Waals surface area contributed by atoms with Gasteiger partial charge in [0.15, 0.2) is 0 Å². The van der Waals surface area contributed by atoms with Crippen molar-refractivity contribution >= 4 is 11.9 Å². The minimum Gasteiger partial charge on any atom is -0.459 e. The molecular formula is C22H36O5. The Morgan fingerprint density at radius 1 is 0.815 bits per heavy atom. The third-order valence-corrected chi connectivity index (χ3v) is 4.90. The molecule has 0 aromatic carbocycles. The third kappa shape index (κ3) is 8.63. The Bertz CT molecular complexity index is 502. The number of carbonyl (C=O) groups excluding carboxylic acids is 2. The molecule has 0 aliphatic rings. The molecular weight excluding hydrogens is 344 g/mol. The van der Waals surface area contributed by atoms with Crippen LogP contribution in [0.25, 0.3) is 0 Å². The first-order valence-electron chi connectivity index (χ1n) is 10.5. The van der Waals surface area contributed by atoms with Gasteiger partial charge in [-0.1, -0.05) is 53.4 Å². The summed E-state index contributed by atoms with van der Waals surface area (Å²) in [6.07, 6.45) is 7.50. The summed E-state index contributed by atoms with van der Waals surface area (Å²) in [4.78, 5) is 24.3. The van der Waals surface area contributed by atoms with Crippen LogP contribution in [0.3, 0.4) is 0 Å². The second kappa shape index (κ2) is 13.4. The van der Waals surface area contributed by atoms with Crippen LogP contribution < -0.4 is 0 Å². The van der Waals surface area contributed by atoms with Crippen LogP contribution in [0.4, 0.5) is 0 Å². The zero-order chi connectivity index (χ0) is 20.1. The number of unbranched alkanes of at least 4 members (excludes halogenated alkanes) is 2. The minimum atomic E-state index is -0.169. The Hall–Kier alpha value is -1.78. The molecule has 0 bridgehead atoms. The summed E-state index contributed by atoms with van der Waals surface area (Å²) in [5.74, 6) is 0.702. The van der Waals surface area contributed by atoms with Gasteiger partial charge in [0.2, 0.25) is 0 Å². The Labute approximate surface area is 163 Å². The lowest BCUT2D eigenvalue weighted by Crippen LogP contribution is -2.17. The molecule has 0 saturated heterocycles. The van der Waals surface area contributed by atoms with Crippen LogP contribution in [0.5, 0.6) is 0 Å². The number of ether oxygens (including phenoxy) is 2. The van der Waals surface area contributed by atoms with Crippen molar-refractivity contribution in [2.45, 2.75) is 92.3 Å². The van der Waals surface area contributed by atoms with Crippen LogP contribution in [-0.4, -0.2) is 11.9 Å². The van der Waals surface area contributed by atoms with Crippen LogP contribution in [0, 0.1) is 11.8 Å². The van der Waals surface area contributed by atoms with E-state index in [1.54, 1.807) is 12.1 Å². The van der Waals surface area contributed by atoms with E-state index in [1.807, 2.05) is 13.8 Å². The van der Waals surface area contributed by atoms with Crippen LogP contribution in [0.2, 0.25) is 0 Å². The SMILES string of the molecule is CCCCC(CC)C(=O)OCc1ccc(COC(=O)C(CC)CCCC)o1. The minimum absolute atomic E-state index is 0.0468. The van der Waals surface area contributed by atoms with Gasteiger partial charge in [-0.05, 0) is 37.8 Å². The third-order valence-electron chi connectivity index (χ3n) is 4.90. The molecule has 1 rings (SSSR count). The van der Waals surface area contributed by atoms with Crippen molar-refractivity contribution in [3.05, 3.63) is 23.7 Å². The number of hydrogen-bond acceptors (Lipinski definition) is 5. The predicted molar refractivity (Wildman–Crippen MR) is 105 cm³/mol. The Balaban J connectivity index is 2.42. The maximum Gasteiger partial charge on any atom is 0.309 e. The summed E-state index contributed by atoms with van der Waals surface area (Å²) in [7, 11) is 0. The van der Waals surface area contributed by atoms with E-state index in [1.165, 1.54) is 0 Å². The number of hydrogen-bond donors (Lipinski definition) is 0. The molecule has 154 valence electrons. The molecule has 2 atom stereocenters. The van der Waals surface area contributed by atoms with E-state index < -0.39 is 0 Å². The molecule has 27 heavy (non-hydrogen) atoms.